The molecule has 6 heteroatoms. The minimum Gasteiger partial charge on any atom is -0.480 e. The van der Waals surface area contributed by atoms with E-state index in [0.717, 1.165) is 16.5 Å². The molecule has 24 heavy (non-hydrogen) atoms. The summed E-state index contributed by atoms with van der Waals surface area (Å²) in [6.45, 7) is 7.25. The summed E-state index contributed by atoms with van der Waals surface area (Å²) in [5.74, 6) is -0.925. The van der Waals surface area contributed by atoms with Gasteiger partial charge in [-0.1, -0.05) is 18.2 Å². The number of aliphatic carboxylic acids is 1. The first kappa shape index (κ1) is 18.0. The first-order chi connectivity index (χ1) is 11.2. The lowest BCUT2D eigenvalue weighted by atomic mass is 10.0. The molecule has 130 valence electrons. The van der Waals surface area contributed by atoms with Gasteiger partial charge in [-0.2, -0.15) is 0 Å². The zero-order valence-corrected chi connectivity index (χ0v) is 14.7. The number of benzene rings is 1. The average molecular weight is 332 g/mol. The summed E-state index contributed by atoms with van der Waals surface area (Å²) in [6.07, 6.45) is -0.174. The zero-order valence-electron chi connectivity index (χ0n) is 14.7. The number of aromatic nitrogens is 1. The molecule has 0 saturated carbocycles. The molecule has 1 aromatic heterocycles. The van der Waals surface area contributed by atoms with Crippen molar-refractivity contribution in [1.82, 2.24) is 9.88 Å². The average Bonchev–Trinajstić information content (AvgIpc) is 2.74. The lowest BCUT2D eigenvalue weighted by molar-refractivity contribution is -0.139. The molecule has 0 aliphatic carbocycles. The van der Waals surface area contributed by atoms with Gasteiger partial charge in [0.15, 0.2) is 0 Å². The molecule has 0 aliphatic rings. The lowest BCUT2D eigenvalue weighted by Gasteiger charge is -2.20. The van der Waals surface area contributed by atoms with E-state index in [1.165, 1.54) is 4.57 Å². The summed E-state index contributed by atoms with van der Waals surface area (Å²) >= 11 is 0. The highest BCUT2D eigenvalue weighted by Crippen LogP contribution is 2.28. The molecule has 0 amide bonds. The van der Waals surface area contributed by atoms with Crippen LogP contribution in [0.25, 0.3) is 10.9 Å². The topological polar surface area (TPSA) is 80.6 Å². The van der Waals surface area contributed by atoms with Gasteiger partial charge in [-0.25, -0.2) is 9.36 Å². The number of hydrogen-bond donors (Lipinski definition) is 2. The van der Waals surface area contributed by atoms with Crippen LogP contribution in [0.15, 0.2) is 24.3 Å². The fraction of sp³-hybridized carbons (Fsp3) is 0.444. The highest BCUT2D eigenvalue weighted by atomic mass is 16.6. The molecule has 0 aliphatic heterocycles. The molecule has 1 atom stereocenters. The van der Waals surface area contributed by atoms with Crippen LogP contribution in [0.5, 0.6) is 0 Å². The van der Waals surface area contributed by atoms with Gasteiger partial charge in [-0.15, -0.1) is 0 Å². The van der Waals surface area contributed by atoms with Crippen LogP contribution in [0.4, 0.5) is 4.79 Å². The number of rotatable bonds is 4. The quantitative estimate of drug-likeness (QED) is 0.900. The number of nitrogens with one attached hydrogen (secondary N) is 1. The second kappa shape index (κ2) is 6.65. The number of carbonyl (C=O) groups excluding carboxylic acids is 1. The van der Waals surface area contributed by atoms with Gasteiger partial charge in [0.2, 0.25) is 0 Å². The molecule has 0 saturated heterocycles. The smallest absolute Gasteiger partial charge is 0.419 e. The molecule has 1 aromatic carbocycles. The second-order valence-electron chi connectivity index (χ2n) is 6.78. The largest absolute Gasteiger partial charge is 0.480 e. The van der Waals surface area contributed by atoms with Crippen molar-refractivity contribution >= 4 is 23.0 Å². The van der Waals surface area contributed by atoms with Crippen LogP contribution in [0.3, 0.4) is 0 Å². The van der Waals surface area contributed by atoms with E-state index in [9.17, 15) is 14.7 Å². The van der Waals surface area contributed by atoms with Crippen LogP contribution in [-0.2, 0) is 16.0 Å². The summed E-state index contributed by atoms with van der Waals surface area (Å²) in [7, 11) is 1.61. The summed E-state index contributed by atoms with van der Waals surface area (Å²) < 4.78 is 7.02. The number of likely N-dealkylation sites (N-methyl/N-ethyl adjacent to an activating group) is 1. The fourth-order valence-electron chi connectivity index (χ4n) is 2.75. The van der Waals surface area contributed by atoms with E-state index < -0.39 is 23.7 Å². The Balaban J connectivity index is 2.56. The fourth-order valence-corrected chi connectivity index (χ4v) is 2.75. The van der Waals surface area contributed by atoms with E-state index in [4.69, 9.17) is 4.74 Å². The SMILES string of the molecule is CNC(Cc1c(C)n(C(=O)OC(C)(C)C)c2ccccc12)C(=O)O. The van der Waals surface area contributed by atoms with Crippen molar-refractivity contribution in [2.45, 2.75) is 45.8 Å². The van der Waals surface area contributed by atoms with E-state index >= 15 is 0 Å². The number of nitrogens with zero attached hydrogens (tertiary/aromatic N) is 1. The van der Waals surface area contributed by atoms with Gasteiger partial charge < -0.3 is 15.2 Å². The third-order valence-electron chi connectivity index (χ3n) is 3.87. The molecule has 2 aromatic rings. The van der Waals surface area contributed by atoms with Crippen molar-refractivity contribution in [3.05, 3.63) is 35.5 Å². The number of hydrogen-bond acceptors (Lipinski definition) is 4. The number of ether oxygens (including phenoxy) is 1. The Labute approximate surface area is 141 Å². The Hall–Kier alpha value is -2.34. The Morgan fingerprint density at radius 3 is 2.46 bits per heavy atom. The molecule has 2 rings (SSSR count). The predicted molar refractivity (Wildman–Crippen MR) is 92.5 cm³/mol. The number of fused-ring (bicyclic) bond motifs is 1. The Morgan fingerprint density at radius 2 is 1.92 bits per heavy atom. The summed E-state index contributed by atoms with van der Waals surface area (Å²) in [6, 6.07) is 6.73. The second-order valence-corrected chi connectivity index (χ2v) is 6.78. The lowest BCUT2D eigenvalue weighted by Crippen LogP contribution is -2.36. The van der Waals surface area contributed by atoms with E-state index in [-0.39, 0.29) is 6.42 Å². The molecule has 0 radical (unpaired) electrons. The normalized spacial score (nSPS) is 13.0. The van der Waals surface area contributed by atoms with E-state index in [2.05, 4.69) is 5.32 Å². The molecule has 1 unspecified atom stereocenters. The van der Waals surface area contributed by atoms with Crippen molar-refractivity contribution in [3.8, 4) is 0 Å². The third kappa shape index (κ3) is 3.59. The first-order valence-electron chi connectivity index (χ1n) is 7.88. The van der Waals surface area contributed by atoms with Gasteiger partial charge in [0, 0.05) is 17.5 Å². The maximum Gasteiger partial charge on any atom is 0.419 e. The van der Waals surface area contributed by atoms with Crippen molar-refractivity contribution in [2.75, 3.05) is 7.05 Å². The van der Waals surface area contributed by atoms with Crippen LogP contribution in [0.2, 0.25) is 0 Å². The number of carboxylic acid groups (broad SMARTS) is 1. The van der Waals surface area contributed by atoms with Crippen LogP contribution in [0, 0.1) is 6.92 Å². The first-order valence-corrected chi connectivity index (χ1v) is 7.88. The maximum atomic E-state index is 12.6. The van der Waals surface area contributed by atoms with Gasteiger partial charge in [-0.05, 0) is 46.4 Å². The number of carboxylic acids is 1. The maximum absolute atomic E-state index is 12.6. The summed E-state index contributed by atoms with van der Waals surface area (Å²) in [4.78, 5) is 24.0. The van der Waals surface area contributed by atoms with Crippen molar-refractivity contribution in [1.29, 1.82) is 0 Å². The van der Waals surface area contributed by atoms with Gasteiger partial charge in [0.25, 0.3) is 0 Å². The molecule has 0 bridgehead atoms. The van der Waals surface area contributed by atoms with Gasteiger partial charge in [0.05, 0.1) is 5.52 Å². The molecule has 6 nitrogen and oxygen atoms in total. The highest BCUT2D eigenvalue weighted by molar-refractivity contribution is 5.94. The van der Waals surface area contributed by atoms with Crippen LogP contribution in [-0.4, -0.2) is 40.4 Å². The zero-order chi connectivity index (χ0) is 18.1. The van der Waals surface area contributed by atoms with Crippen molar-refractivity contribution in [3.63, 3.8) is 0 Å². The number of carbonyl (C=O) groups is 2. The monoisotopic (exact) mass is 332 g/mol. The van der Waals surface area contributed by atoms with E-state index in [0.29, 0.717) is 5.69 Å². The summed E-state index contributed by atoms with van der Waals surface area (Å²) in [5, 5.41) is 13.0. The van der Waals surface area contributed by atoms with Gasteiger partial charge in [-0.3, -0.25) is 4.79 Å². The van der Waals surface area contributed by atoms with Crippen molar-refractivity contribution in [2.24, 2.45) is 0 Å². The van der Waals surface area contributed by atoms with Gasteiger partial charge >= 0.3 is 12.1 Å². The highest BCUT2D eigenvalue weighted by Gasteiger charge is 2.26. The van der Waals surface area contributed by atoms with E-state index in [1.54, 1.807) is 7.05 Å². The standard InChI is InChI=1S/C18H24N2O4/c1-11-13(10-14(19-5)16(21)22)12-8-6-7-9-15(12)20(11)17(23)24-18(2,3)4/h6-9,14,19H,10H2,1-5H3,(H,21,22). The van der Waals surface area contributed by atoms with Crippen molar-refractivity contribution < 1.29 is 19.4 Å². The minimum atomic E-state index is -0.925. The molecular weight excluding hydrogens is 308 g/mol. The molecule has 0 fully saturated rings. The summed E-state index contributed by atoms with van der Waals surface area (Å²) in [5.41, 5.74) is 1.65. The Bertz CT molecular complexity index is 771. The Kier molecular flexibility index (Phi) is 4.99. The van der Waals surface area contributed by atoms with E-state index in [1.807, 2.05) is 52.0 Å². The third-order valence-corrected chi connectivity index (χ3v) is 3.87. The Morgan fingerprint density at radius 1 is 1.29 bits per heavy atom. The molecule has 2 N–H and O–H groups in total. The predicted octanol–water partition coefficient (Wildman–Crippen LogP) is 2.95. The molecule has 1 heterocycles. The molecular formula is C18H24N2O4. The molecule has 0 spiro atoms. The van der Waals surface area contributed by atoms with Crippen LogP contribution < -0.4 is 5.32 Å². The van der Waals surface area contributed by atoms with Crippen LogP contribution in [0.1, 0.15) is 32.0 Å². The van der Waals surface area contributed by atoms with Gasteiger partial charge in [0.1, 0.15) is 11.6 Å². The number of para-hydroxylation sites is 1. The van der Waals surface area contributed by atoms with Crippen LogP contribution >= 0.6 is 0 Å². The minimum absolute atomic E-state index is 0.286.